The van der Waals surface area contributed by atoms with Gasteiger partial charge in [0.2, 0.25) is 0 Å². The normalized spacial score (nSPS) is 22.9. The van der Waals surface area contributed by atoms with Crippen molar-refractivity contribution in [3.8, 4) is 0 Å². The number of rotatable bonds is 8. The quantitative estimate of drug-likeness (QED) is 0.657. The molecule has 1 rings (SSSR count). The van der Waals surface area contributed by atoms with Crippen LogP contribution in [0.1, 0.15) is 47.0 Å². The van der Waals surface area contributed by atoms with Crippen molar-refractivity contribution in [3.05, 3.63) is 0 Å². The van der Waals surface area contributed by atoms with E-state index in [1.165, 1.54) is 4.31 Å². The maximum absolute atomic E-state index is 12.3. The van der Waals surface area contributed by atoms with Crippen LogP contribution < -0.4 is 10.0 Å². The molecule has 1 saturated heterocycles. The molecule has 7 heteroatoms. The van der Waals surface area contributed by atoms with Crippen molar-refractivity contribution in [3.63, 3.8) is 0 Å². The predicted molar refractivity (Wildman–Crippen MR) is 85.5 cm³/mol. The van der Waals surface area contributed by atoms with Gasteiger partial charge in [0.15, 0.2) is 0 Å². The molecule has 0 amide bonds. The third kappa shape index (κ3) is 7.06. The van der Waals surface area contributed by atoms with Gasteiger partial charge in [-0.05, 0) is 39.7 Å². The predicted octanol–water partition coefficient (Wildman–Crippen LogP) is 1.10. The minimum Gasteiger partial charge on any atom is -0.375 e. The van der Waals surface area contributed by atoms with Gasteiger partial charge in [-0.2, -0.15) is 17.4 Å². The highest BCUT2D eigenvalue weighted by Crippen LogP contribution is 2.24. The fraction of sp³-hybridized carbons (Fsp3) is 1.00. The van der Waals surface area contributed by atoms with Gasteiger partial charge >= 0.3 is 0 Å². The first-order chi connectivity index (χ1) is 9.62. The van der Waals surface area contributed by atoms with Crippen molar-refractivity contribution >= 4 is 10.2 Å². The smallest absolute Gasteiger partial charge is 0.279 e. The summed E-state index contributed by atoms with van der Waals surface area (Å²) in [5.74, 6) is 0. The first-order valence-corrected chi connectivity index (χ1v) is 9.17. The minimum absolute atomic E-state index is 0.0463. The molecule has 1 atom stereocenters. The highest BCUT2D eigenvalue weighted by molar-refractivity contribution is 7.87. The summed E-state index contributed by atoms with van der Waals surface area (Å²) in [4.78, 5) is 0. The van der Waals surface area contributed by atoms with E-state index >= 15 is 0 Å². The van der Waals surface area contributed by atoms with Crippen molar-refractivity contribution in [2.75, 3.05) is 26.7 Å². The summed E-state index contributed by atoms with van der Waals surface area (Å²) in [5.41, 5.74) is -0.259. The SMILES string of the molecule is CC(C)NCCCN(C)S(=O)(=O)NC1CCOC(C)(C)C1. The molecule has 2 N–H and O–H groups in total. The molecule has 1 heterocycles. The Balaban J connectivity index is 2.41. The Bertz CT molecular complexity index is 410. The highest BCUT2D eigenvalue weighted by atomic mass is 32.2. The Morgan fingerprint density at radius 3 is 2.62 bits per heavy atom. The maximum Gasteiger partial charge on any atom is 0.279 e. The van der Waals surface area contributed by atoms with Gasteiger partial charge in [0, 0.05) is 32.3 Å². The molecule has 0 bridgehead atoms. The number of ether oxygens (including phenoxy) is 1. The minimum atomic E-state index is -3.41. The van der Waals surface area contributed by atoms with Crippen LogP contribution in [0.25, 0.3) is 0 Å². The van der Waals surface area contributed by atoms with E-state index < -0.39 is 10.2 Å². The van der Waals surface area contributed by atoms with Gasteiger partial charge in [-0.3, -0.25) is 0 Å². The van der Waals surface area contributed by atoms with E-state index in [1.807, 2.05) is 13.8 Å². The average Bonchev–Trinajstić information content (AvgIpc) is 2.32. The lowest BCUT2D eigenvalue weighted by Crippen LogP contribution is -2.49. The van der Waals surface area contributed by atoms with Gasteiger partial charge < -0.3 is 10.1 Å². The molecule has 21 heavy (non-hydrogen) atoms. The zero-order chi connectivity index (χ0) is 16.1. The molecule has 0 aromatic carbocycles. The first-order valence-electron chi connectivity index (χ1n) is 7.73. The second-order valence-electron chi connectivity index (χ2n) is 6.70. The Morgan fingerprint density at radius 2 is 2.05 bits per heavy atom. The lowest BCUT2D eigenvalue weighted by molar-refractivity contribution is -0.0600. The third-order valence-corrected chi connectivity index (χ3v) is 5.26. The van der Waals surface area contributed by atoms with Gasteiger partial charge in [0.05, 0.1) is 5.60 Å². The zero-order valence-corrected chi connectivity index (χ0v) is 14.8. The lowest BCUT2D eigenvalue weighted by atomic mass is 9.95. The molecule has 1 fully saturated rings. The fourth-order valence-electron chi connectivity index (χ4n) is 2.45. The first kappa shape index (κ1) is 18.8. The second-order valence-corrected chi connectivity index (χ2v) is 8.51. The average molecular weight is 321 g/mol. The van der Waals surface area contributed by atoms with Crippen molar-refractivity contribution in [2.45, 2.75) is 64.6 Å². The molecule has 0 radical (unpaired) electrons. The molecule has 0 spiro atoms. The number of nitrogens with one attached hydrogen (secondary N) is 2. The van der Waals surface area contributed by atoms with Crippen LogP contribution in [0.15, 0.2) is 0 Å². The van der Waals surface area contributed by atoms with Crippen molar-refractivity contribution in [1.29, 1.82) is 0 Å². The standard InChI is InChI=1S/C14H31N3O3S/c1-12(2)15-8-6-9-17(5)21(18,19)16-13-7-10-20-14(3,4)11-13/h12-13,15-16H,6-11H2,1-5H3. The monoisotopic (exact) mass is 321 g/mol. The van der Waals surface area contributed by atoms with Gasteiger partial charge in [0.25, 0.3) is 10.2 Å². The van der Waals surface area contributed by atoms with E-state index in [0.29, 0.717) is 25.6 Å². The fourth-order valence-corrected chi connectivity index (χ4v) is 3.62. The molecular formula is C14H31N3O3S. The maximum atomic E-state index is 12.3. The van der Waals surface area contributed by atoms with Crippen LogP contribution >= 0.6 is 0 Å². The molecule has 6 nitrogen and oxygen atoms in total. The summed E-state index contributed by atoms with van der Waals surface area (Å²) >= 11 is 0. The lowest BCUT2D eigenvalue weighted by Gasteiger charge is -2.36. The van der Waals surface area contributed by atoms with Gasteiger partial charge in [-0.25, -0.2) is 0 Å². The molecule has 1 aliphatic heterocycles. The molecule has 126 valence electrons. The van der Waals surface area contributed by atoms with Crippen LogP contribution in [0.5, 0.6) is 0 Å². The summed E-state index contributed by atoms with van der Waals surface area (Å²) < 4.78 is 34.4. The Kier molecular flexibility index (Phi) is 7.06. The van der Waals surface area contributed by atoms with E-state index in [1.54, 1.807) is 7.05 Å². The molecule has 0 aromatic heterocycles. The third-order valence-electron chi connectivity index (χ3n) is 3.63. The Labute approximate surface area is 129 Å². The van der Waals surface area contributed by atoms with Gasteiger partial charge in [-0.1, -0.05) is 13.8 Å². The van der Waals surface area contributed by atoms with Gasteiger partial charge in [-0.15, -0.1) is 0 Å². The van der Waals surface area contributed by atoms with Gasteiger partial charge in [0.1, 0.15) is 0 Å². The molecule has 0 aromatic rings. The second kappa shape index (κ2) is 7.87. The highest BCUT2D eigenvalue weighted by Gasteiger charge is 2.32. The molecule has 0 saturated carbocycles. The van der Waals surface area contributed by atoms with E-state index in [-0.39, 0.29) is 11.6 Å². The number of hydrogen-bond acceptors (Lipinski definition) is 4. The Hall–Kier alpha value is -0.210. The summed E-state index contributed by atoms with van der Waals surface area (Å²) in [5, 5.41) is 3.29. The van der Waals surface area contributed by atoms with Crippen LogP contribution in [0.2, 0.25) is 0 Å². The summed E-state index contributed by atoms with van der Waals surface area (Å²) in [6.45, 7) is 10.1. The summed E-state index contributed by atoms with van der Waals surface area (Å²) in [6, 6.07) is 0.379. The van der Waals surface area contributed by atoms with Crippen LogP contribution in [0, 0.1) is 0 Å². The molecular weight excluding hydrogens is 290 g/mol. The van der Waals surface area contributed by atoms with Crippen LogP contribution in [-0.2, 0) is 14.9 Å². The van der Waals surface area contributed by atoms with Crippen LogP contribution in [0.4, 0.5) is 0 Å². The van der Waals surface area contributed by atoms with Crippen LogP contribution in [0.3, 0.4) is 0 Å². The summed E-state index contributed by atoms with van der Waals surface area (Å²) in [6.07, 6.45) is 2.23. The molecule has 1 unspecified atom stereocenters. The topological polar surface area (TPSA) is 70.7 Å². The molecule has 1 aliphatic rings. The Morgan fingerprint density at radius 1 is 1.38 bits per heavy atom. The van der Waals surface area contributed by atoms with Crippen molar-refractivity contribution in [2.24, 2.45) is 0 Å². The summed E-state index contributed by atoms with van der Waals surface area (Å²) in [7, 11) is -1.78. The van der Waals surface area contributed by atoms with Crippen LogP contribution in [-0.4, -0.2) is 57.2 Å². The van der Waals surface area contributed by atoms with E-state index in [4.69, 9.17) is 4.74 Å². The van der Waals surface area contributed by atoms with E-state index in [0.717, 1.165) is 19.4 Å². The zero-order valence-electron chi connectivity index (χ0n) is 14.0. The largest absolute Gasteiger partial charge is 0.375 e. The number of nitrogens with zero attached hydrogens (tertiary/aromatic N) is 1. The van der Waals surface area contributed by atoms with Crippen molar-refractivity contribution < 1.29 is 13.2 Å². The van der Waals surface area contributed by atoms with Crippen molar-refractivity contribution in [1.82, 2.24) is 14.3 Å². The molecule has 0 aliphatic carbocycles. The number of hydrogen-bond donors (Lipinski definition) is 2. The van der Waals surface area contributed by atoms with E-state index in [2.05, 4.69) is 23.9 Å². The van der Waals surface area contributed by atoms with E-state index in [9.17, 15) is 8.42 Å².